The molecule has 1 aliphatic heterocycles. The Hall–Kier alpha value is -2.66. The Kier molecular flexibility index (Phi) is 4.01. The van der Waals surface area contributed by atoms with Crippen LogP contribution in [-0.4, -0.2) is 33.2 Å². The molecule has 0 aliphatic carbocycles. The third kappa shape index (κ3) is 3.03. The zero-order valence-electron chi connectivity index (χ0n) is 13.5. The van der Waals surface area contributed by atoms with Crippen LogP contribution >= 0.6 is 0 Å². The molecule has 3 N–H and O–H groups in total. The van der Waals surface area contributed by atoms with Gasteiger partial charge in [-0.1, -0.05) is 54.6 Å². The molecule has 0 spiro atoms. The number of nitrogens with two attached hydrogens (primary N) is 1. The third-order valence-electron chi connectivity index (χ3n) is 4.68. The fourth-order valence-electron chi connectivity index (χ4n) is 3.47. The van der Waals surface area contributed by atoms with Gasteiger partial charge in [0.25, 0.3) is 0 Å². The van der Waals surface area contributed by atoms with Crippen molar-refractivity contribution in [3.8, 4) is 11.1 Å². The number of hydrogen-bond donors (Lipinski definition) is 2. The molecule has 5 heteroatoms. The number of aromatic amines is 1. The summed E-state index contributed by atoms with van der Waals surface area (Å²) in [5, 5.41) is 6.90. The van der Waals surface area contributed by atoms with E-state index < -0.39 is 0 Å². The molecule has 0 saturated carbocycles. The first-order valence-corrected chi connectivity index (χ1v) is 8.33. The van der Waals surface area contributed by atoms with Crippen LogP contribution in [0.1, 0.15) is 23.7 Å². The maximum atomic E-state index is 5.62. The highest BCUT2D eigenvalue weighted by molar-refractivity contribution is 5.67. The molecule has 1 fully saturated rings. The lowest BCUT2D eigenvalue weighted by Gasteiger charge is -2.18. The molecule has 1 saturated heterocycles. The zero-order chi connectivity index (χ0) is 16.4. The summed E-state index contributed by atoms with van der Waals surface area (Å²) >= 11 is 0. The van der Waals surface area contributed by atoms with Crippen LogP contribution in [0.3, 0.4) is 0 Å². The van der Waals surface area contributed by atoms with Gasteiger partial charge in [0.2, 0.25) is 5.95 Å². The molecule has 5 nitrogen and oxygen atoms in total. The Bertz CT molecular complexity index is 811. The van der Waals surface area contributed by atoms with Gasteiger partial charge >= 0.3 is 0 Å². The molecule has 3 aromatic rings. The second-order valence-corrected chi connectivity index (χ2v) is 6.32. The number of hydrogen-bond acceptors (Lipinski definition) is 4. The van der Waals surface area contributed by atoms with Crippen molar-refractivity contribution in [2.75, 3.05) is 18.8 Å². The quantitative estimate of drug-likeness (QED) is 0.775. The van der Waals surface area contributed by atoms with E-state index in [1.54, 1.807) is 0 Å². The Morgan fingerprint density at radius 3 is 2.67 bits per heavy atom. The maximum Gasteiger partial charge on any atom is 0.239 e. The van der Waals surface area contributed by atoms with Crippen LogP contribution in [0.25, 0.3) is 11.1 Å². The van der Waals surface area contributed by atoms with Gasteiger partial charge in [0.05, 0.1) is 0 Å². The summed E-state index contributed by atoms with van der Waals surface area (Å²) in [6.07, 6.45) is 1.09. The topological polar surface area (TPSA) is 70.8 Å². The van der Waals surface area contributed by atoms with Crippen molar-refractivity contribution in [3.05, 3.63) is 66.0 Å². The van der Waals surface area contributed by atoms with Crippen molar-refractivity contribution in [3.63, 3.8) is 0 Å². The molecule has 1 atom stereocenters. The number of likely N-dealkylation sites (tertiary alicyclic amines) is 1. The van der Waals surface area contributed by atoms with Crippen LogP contribution in [0, 0.1) is 0 Å². The normalized spacial score (nSPS) is 18.1. The van der Waals surface area contributed by atoms with E-state index in [0.29, 0.717) is 11.9 Å². The van der Waals surface area contributed by atoms with E-state index in [2.05, 4.69) is 74.7 Å². The number of H-pyrrole nitrogens is 1. The number of nitrogens with one attached hydrogen (secondary N) is 1. The highest BCUT2D eigenvalue weighted by Crippen LogP contribution is 2.29. The van der Waals surface area contributed by atoms with Crippen LogP contribution in [-0.2, 0) is 6.54 Å². The summed E-state index contributed by atoms with van der Waals surface area (Å²) in [4.78, 5) is 6.76. The largest absolute Gasteiger partial charge is 0.367 e. The summed E-state index contributed by atoms with van der Waals surface area (Å²) in [6, 6.07) is 19.2. The Labute approximate surface area is 141 Å². The SMILES string of the molecule is Nc1n[nH]c(C2CCN(Cc3ccccc3-c3ccccc3)C2)n1. The molecule has 1 unspecified atom stereocenters. The second kappa shape index (κ2) is 6.45. The minimum Gasteiger partial charge on any atom is -0.367 e. The molecule has 0 bridgehead atoms. The van der Waals surface area contributed by atoms with Crippen molar-refractivity contribution in [2.45, 2.75) is 18.9 Å². The van der Waals surface area contributed by atoms with Gasteiger partial charge in [-0.25, -0.2) is 0 Å². The first-order chi connectivity index (χ1) is 11.8. The van der Waals surface area contributed by atoms with Crippen molar-refractivity contribution in [1.29, 1.82) is 0 Å². The monoisotopic (exact) mass is 319 g/mol. The van der Waals surface area contributed by atoms with Crippen LogP contribution in [0.4, 0.5) is 5.95 Å². The van der Waals surface area contributed by atoms with E-state index in [0.717, 1.165) is 31.9 Å². The van der Waals surface area contributed by atoms with E-state index in [1.165, 1.54) is 16.7 Å². The third-order valence-corrected chi connectivity index (χ3v) is 4.68. The zero-order valence-corrected chi connectivity index (χ0v) is 13.5. The molecule has 2 aromatic carbocycles. The fraction of sp³-hybridized carbons (Fsp3) is 0.263. The molecule has 0 amide bonds. The van der Waals surface area contributed by atoms with Gasteiger partial charge in [0.15, 0.2) is 0 Å². The maximum absolute atomic E-state index is 5.62. The van der Waals surface area contributed by atoms with Gasteiger partial charge in [-0.15, -0.1) is 5.10 Å². The number of nitrogen functional groups attached to an aromatic ring is 1. The van der Waals surface area contributed by atoms with Crippen molar-refractivity contribution in [2.24, 2.45) is 0 Å². The minimum absolute atomic E-state index is 0.331. The van der Waals surface area contributed by atoms with Gasteiger partial charge in [0.1, 0.15) is 5.82 Å². The van der Waals surface area contributed by atoms with Gasteiger partial charge in [-0.3, -0.25) is 10.00 Å². The molecular weight excluding hydrogens is 298 g/mol. The number of benzene rings is 2. The van der Waals surface area contributed by atoms with Gasteiger partial charge in [0, 0.05) is 19.0 Å². The second-order valence-electron chi connectivity index (χ2n) is 6.32. The molecule has 122 valence electrons. The standard InChI is InChI=1S/C19H21N5/c20-19-21-18(22-23-19)16-10-11-24(13-16)12-15-8-4-5-9-17(15)14-6-2-1-3-7-14/h1-9,16H,10-13H2,(H3,20,21,22,23). The number of rotatable bonds is 4. The fourth-order valence-corrected chi connectivity index (χ4v) is 3.47. The van der Waals surface area contributed by atoms with Crippen LogP contribution in [0.2, 0.25) is 0 Å². The Morgan fingerprint density at radius 2 is 1.88 bits per heavy atom. The summed E-state index contributed by atoms with van der Waals surface area (Å²) in [6.45, 7) is 3.00. The molecule has 0 radical (unpaired) electrons. The first kappa shape index (κ1) is 14.9. The lowest BCUT2D eigenvalue weighted by molar-refractivity contribution is 0.326. The van der Waals surface area contributed by atoms with E-state index in [9.17, 15) is 0 Å². The molecule has 1 aliphatic rings. The van der Waals surface area contributed by atoms with Gasteiger partial charge < -0.3 is 5.73 Å². The smallest absolute Gasteiger partial charge is 0.239 e. The summed E-state index contributed by atoms with van der Waals surface area (Å²) < 4.78 is 0. The predicted octanol–water partition coefficient (Wildman–Crippen LogP) is 3.04. The van der Waals surface area contributed by atoms with E-state index in [1.807, 2.05) is 0 Å². The number of aromatic nitrogens is 3. The van der Waals surface area contributed by atoms with Crippen LogP contribution < -0.4 is 5.73 Å². The molecule has 1 aromatic heterocycles. The van der Waals surface area contributed by atoms with Crippen molar-refractivity contribution < 1.29 is 0 Å². The lowest BCUT2D eigenvalue weighted by Crippen LogP contribution is -2.20. The van der Waals surface area contributed by atoms with E-state index >= 15 is 0 Å². The lowest BCUT2D eigenvalue weighted by atomic mass is 9.99. The van der Waals surface area contributed by atoms with Gasteiger partial charge in [-0.05, 0) is 29.7 Å². The summed E-state index contributed by atoms with van der Waals surface area (Å²) in [7, 11) is 0. The molecule has 24 heavy (non-hydrogen) atoms. The van der Waals surface area contributed by atoms with Gasteiger partial charge in [-0.2, -0.15) is 4.98 Å². The highest BCUT2D eigenvalue weighted by atomic mass is 15.3. The number of nitrogens with zero attached hydrogens (tertiary/aromatic N) is 3. The van der Waals surface area contributed by atoms with Crippen molar-refractivity contribution >= 4 is 5.95 Å². The average Bonchev–Trinajstić information content (AvgIpc) is 3.25. The molecular formula is C19H21N5. The Balaban J connectivity index is 1.51. The summed E-state index contributed by atoms with van der Waals surface area (Å²) in [5.74, 6) is 1.63. The van der Waals surface area contributed by atoms with E-state index in [-0.39, 0.29) is 0 Å². The average molecular weight is 319 g/mol. The predicted molar refractivity (Wildman–Crippen MR) is 95.3 cm³/mol. The van der Waals surface area contributed by atoms with Crippen molar-refractivity contribution in [1.82, 2.24) is 20.1 Å². The van der Waals surface area contributed by atoms with Crippen LogP contribution in [0.15, 0.2) is 54.6 Å². The highest BCUT2D eigenvalue weighted by Gasteiger charge is 2.26. The molecule has 2 heterocycles. The minimum atomic E-state index is 0.331. The molecule has 4 rings (SSSR count). The van der Waals surface area contributed by atoms with E-state index in [4.69, 9.17) is 5.73 Å². The summed E-state index contributed by atoms with van der Waals surface area (Å²) in [5.41, 5.74) is 9.56. The Morgan fingerprint density at radius 1 is 1.08 bits per heavy atom. The van der Waals surface area contributed by atoms with Crippen LogP contribution in [0.5, 0.6) is 0 Å². The first-order valence-electron chi connectivity index (χ1n) is 8.33. The number of anilines is 1.